The van der Waals surface area contributed by atoms with Crippen LogP contribution >= 0.6 is 15.9 Å². The summed E-state index contributed by atoms with van der Waals surface area (Å²) in [6.07, 6.45) is 4.30. The van der Waals surface area contributed by atoms with Gasteiger partial charge in [-0.25, -0.2) is 19.2 Å². The first-order valence-electron chi connectivity index (χ1n) is 6.53. The molecule has 1 aliphatic heterocycles. The maximum Gasteiger partial charge on any atom is 0.247 e. The van der Waals surface area contributed by atoms with Crippen molar-refractivity contribution in [2.24, 2.45) is 5.84 Å². The number of nitrogens with zero attached hydrogens (tertiary/aromatic N) is 2. The Morgan fingerprint density at radius 2 is 2.00 bits per heavy atom. The van der Waals surface area contributed by atoms with E-state index >= 15 is 0 Å². The Labute approximate surface area is 127 Å². The highest BCUT2D eigenvalue weighted by atomic mass is 79.9. The van der Waals surface area contributed by atoms with Crippen LogP contribution in [0.5, 0.6) is 0 Å². The van der Waals surface area contributed by atoms with E-state index in [-0.39, 0.29) is 22.8 Å². The molecule has 1 aromatic rings. The zero-order valence-electron chi connectivity index (χ0n) is 11.5. The molecular weight excluding hydrogens is 344 g/mol. The van der Waals surface area contributed by atoms with Crippen molar-refractivity contribution >= 4 is 31.8 Å². The molecule has 2 rings (SSSR count). The number of hydrogen-bond donors (Lipinski definition) is 2. The van der Waals surface area contributed by atoms with Gasteiger partial charge in [-0.15, -0.1) is 0 Å². The molecule has 1 aromatic heterocycles. The fourth-order valence-electron chi connectivity index (χ4n) is 2.71. The van der Waals surface area contributed by atoms with Gasteiger partial charge in [-0.1, -0.05) is 6.42 Å². The van der Waals surface area contributed by atoms with Gasteiger partial charge in [-0.3, -0.25) is 0 Å². The van der Waals surface area contributed by atoms with Crippen LogP contribution in [0, 0.1) is 0 Å². The van der Waals surface area contributed by atoms with Crippen LogP contribution in [0.3, 0.4) is 0 Å². The molecule has 1 fully saturated rings. The van der Waals surface area contributed by atoms with Crippen molar-refractivity contribution < 1.29 is 8.42 Å². The predicted octanol–water partition coefficient (Wildman–Crippen LogP) is 2.08. The van der Waals surface area contributed by atoms with Crippen LogP contribution in [0.25, 0.3) is 0 Å². The summed E-state index contributed by atoms with van der Waals surface area (Å²) in [5, 5.41) is 0. The molecule has 0 bridgehead atoms. The molecule has 3 N–H and O–H groups in total. The van der Waals surface area contributed by atoms with Gasteiger partial charge in [0, 0.05) is 22.8 Å². The Bertz CT molecular complexity index is 583. The Morgan fingerprint density at radius 1 is 1.40 bits per heavy atom. The van der Waals surface area contributed by atoms with Crippen LogP contribution < -0.4 is 11.3 Å². The molecule has 2 unspecified atom stereocenters. The minimum absolute atomic E-state index is 0.0200. The monoisotopic (exact) mass is 362 g/mol. The van der Waals surface area contributed by atoms with E-state index in [1.54, 1.807) is 4.31 Å². The van der Waals surface area contributed by atoms with Crippen molar-refractivity contribution in [1.29, 1.82) is 0 Å². The molecule has 2 atom stereocenters. The zero-order valence-corrected chi connectivity index (χ0v) is 13.9. The van der Waals surface area contributed by atoms with Crippen LogP contribution in [0.15, 0.2) is 21.6 Å². The highest BCUT2D eigenvalue weighted by Gasteiger charge is 2.37. The number of nitrogens with two attached hydrogens (primary N) is 1. The number of pyridine rings is 1. The number of nitrogen functional groups attached to an aromatic ring is 1. The van der Waals surface area contributed by atoms with E-state index < -0.39 is 10.0 Å². The number of rotatable bonds is 3. The molecule has 20 heavy (non-hydrogen) atoms. The topological polar surface area (TPSA) is 88.3 Å². The summed E-state index contributed by atoms with van der Waals surface area (Å²) in [7, 11) is -3.63. The van der Waals surface area contributed by atoms with Crippen LogP contribution in [-0.4, -0.2) is 29.8 Å². The van der Waals surface area contributed by atoms with Gasteiger partial charge in [0.2, 0.25) is 10.0 Å². The Hall–Kier alpha value is -0.700. The molecule has 112 valence electrons. The van der Waals surface area contributed by atoms with Gasteiger partial charge in [-0.2, -0.15) is 4.31 Å². The normalized spacial score (nSPS) is 24.6. The smallest absolute Gasteiger partial charge is 0.247 e. The highest BCUT2D eigenvalue weighted by molar-refractivity contribution is 9.10. The second-order valence-electron chi connectivity index (χ2n) is 5.11. The highest BCUT2D eigenvalue weighted by Crippen LogP contribution is 2.32. The van der Waals surface area contributed by atoms with Gasteiger partial charge < -0.3 is 5.43 Å². The summed E-state index contributed by atoms with van der Waals surface area (Å²) >= 11 is 3.26. The number of nitrogens with one attached hydrogen (secondary N) is 1. The summed E-state index contributed by atoms with van der Waals surface area (Å²) in [5.74, 6) is 5.55. The lowest BCUT2D eigenvalue weighted by Crippen LogP contribution is -2.47. The van der Waals surface area contributed by atoms with Crippen LogP contribution in [0.4, 0.5) is 5.82 Å². The second-order valence-corrected chi connectivity index (χ2v) is 7.84. The molecule has 0 spiro atoms. The third-order valence-electron chi connectivity index (χ3n) is 3.62. The summed E-state index contributed by atoms with van der Waals surface area (Å²) < 4.78 is 28.0. The predicted molar refractivity (Wildman–Crippen MR) is 81.5 cm³/mol. The van der Waals surface area contributed by atoms with E-state index in [9.17, 15) is 8.42 Å². The largest absolute Gasteiger partial charge is 0.307 e. The first-order valence-corrected chi connectivity index (χ1v) is 8.77. The quantitative estimate of drug-likeness (QED) is 0.634. The van der Waals surface area contributed by atoms with Gasteiger partial charge in [-0.05, 0) is 48.7 Å². The van der Waals surface area contributed by atoms with Gasteiger partial charge in [0.15, 0.2) is 5.82 Å². The third-order valence-corrected chi connectivity index (χ3v) is 6.20. The lowest BCUT2D eigenvalue weighted by molar-refractivity contribution is 0.204. The average Bonchev–Trinajstić information content (AvgIpc) is 2.38. The fraction of sp³-hybridized carbons (Fsp3) is 0.583. The maximum atomic E-state index is 12.9. The van der Waals surface area contributed by atoms with Crippen molar-refractivity contribution in [3.05, 3.63) is 16.7 Å². The molecule has 0 aromatic carbocycles. The van der Waals surface area contributed by atoms with E-state index in [0.29, 0.717) is 4.47 Å². The van der Waals surface area contributed by atoms with E-state index in [1.165, 1.54) is 12.3 Å². The van der Waals surface area contributed by atoms with Crippen LogP contribution in [0.2, 0.25) is 0 Å². The van der Waals surface area contributed by atoms with Crippen LogP contribution in [-0.2, 0) is 10.0 Å². The van der Waals surface area contributed by atoms with Gasteiger partial charge in [0.25, 0.3) is 0 Å². The standard InChI is InChI=1S/C12H19BrN4O2S/c1-8-4-3-5-9(2)17(8)20(18,19)11-6-10(13)7-15-12(11)16-14/h6-9H,3-5,14H2,1-2H3,(H,15,16). The van der Waals surface area contributed by atoms with Crippen molar-refractivity contribution in [3.63, 3.8) is 0 Å². The molecule has 0 saturated carbocycles. The molecule has 0 radical (unpaired) electrons. The number of aromatic nitrogens is 1. The first-order chi connectivity index (χ1) is 9.37. The number of anilines is 1. The molecule has 6 nitrogen and oxygen atoms in total. The fourth-order valence-corrected chi connectivity index (χ4v) is 5.21. The minimum Gasteiger partial charge on any atom is -0.307 e. The van der Waals surface area contributed by atoms with Crippen LogP contribution in [0.1, 0.15) is 33.1 Å². The minimum atomic E-state index is -3.63. The molecule has 2 heterocycles. The first kappa shape index (κ1) is 15.7. The lowest BCUT2D eigenvalue weighted by Gasteiger charge is -2.37. The summed E-state index contributed by atoms with van der Waals surface area (Å²) in [6, 6.07) is 1.49. The molecule has 0 amide bonds. The second kappa shape index (κ2) is 5.97. The van der Waals surface area contributed by atoms with Crippen molar-refractivity contribution in [2.75, 3.05) is 5.43 Å². The number of piperidine rings is 1. The molecule has 0 aliphatic carbocycles. The van der Waals surface area contributed by atoms with E-state index in [1.807, 2.05) is 13.8 Å². The molecule has 1 saturated heterocycles. The maximum absolute atomic E-state index is 12.9. The van der Waals surface area contributed by atoms with Crippen molar-refractivity contribution in [2.45, 2.75) is 50.1 Å². The average molecular weight is 363 g/mol. The molecule has 8 heteroatoms. The number of sulfonamides is 1. The third kappa shape index (κ3) is 2.83. The molecule has 1 aliphatic rings. The number of halogens is 1. The lowest BCUT2D eigenvalue weighted by atomic mass is 10.0. The number of hydrogen-bond acceptors (Lipinski definition) is 5. The van der Waals surface area contributed by atoms with E-state index in [2.05, 4.69) is 26.3 Å². The Morgan fingerprint density at radius 3 is 2.55 bits per heavy atom. The molecular formula is C12H19BrN4O2S. The van der Waals surface area contributed by atoms with E-state index in [4.69, 9.17) is 5.84 Å². The van der Waals surface area contributed by atoms with Crippen molar-refractivity contribution in [3.8, 4) is 0 Å². The zero-order chi connectivity index (χ0) is 14.9. The SMILES string of the molecule is CC1CCCC(C)N1S(=O)(=O)c1cc(Br)cnc1NN. The van der Waals surface area contributed by atoms with Gasteiger partial charge in [0.05, 0.1) is 0 Å². The van der Waals surface area contributed by atoms with E-state index in [0.717, 1.165) is 19.3 Å². The van der Waals surface area contributed by atoms with Gasteiger partial charge >= 0.3 is 0 Å². The Kier molecular flexibility index (Phi) is 4.68. The number of hydrazine groups is 1. The van der Waals surface area contributed by atoms with Crippen molar-refractivity contribution in [1.82, 2.24) is 9.29 Å². The summed E-state index contributed by atoms with van der Waals surface area (Å²) in [6.45, 7) is 3.88. The summed E-state index contributed by atoms with van der Waals surface area (Å²) in [5.41, 5.74) is 2.36. The van der Waals surface area contributed by atoms with Gasteiger partial charge in [0.1, 0.15) is 4.90 Å². The Balaban J connectivity index is 2.51. The summed E-state index contributed by atoms with van der Waals surface area (Å²) in [4.78, 5) is 4.13.